The van der Waals surface area contributed by atoms with Gasteiger partial charge in [-0.1, -0.05) is 24.0 Å². The summed E-state index contributed by atoms with van der Waals surface area (Å²) in [6.45, 7) is -0.410. The first kappa shape index (κ1) is 11.8. The van der Waals surface area contributed by atoms with Crippen molar-refractivity contribution in [3.05, 3.63) is 29.8 Å². The van der Waals surface area contributed by atoms with Crippen molar-refractivity contribution >= 4 is 12.3 Å². The second-order valence-electron chi connectivity index (χ2n) is 2.85. The quantitative estimate of drug-likeness (QED) is 0.607. The Morgan fingerprint density at radius 1 is 1.44 bits per heavy atom. The number of ether oxygens (including phenoxy) is 1. The van der Waals surface area contributed by atoms with E-state index in [9.17, 15) is 9.59 Å². The van der Waals surface area contributed by atoms with Gasteiger partial charge in [0.15, 0.2) is 6.61 Å². The minimum atomic E-state index is -1.05. The zero-order chi connectivity index (χ0) is 11.8. The lowest BCUT2D eigenvalue weighted by atomic mass is 10.2. The third-order valence-electron chi connectivity index (χ3n) is 1.65. The molecule has 4 heteroatoms. The Morgan fingerprint density at radius 2 is 2.19 bits per heavy atom. The number of aliphatic carboxylic acids is 1. The molecule has 0 aliphatic carbocycles. The van der Waals surface area contributed by atoms with Gasteiger partial charge in [0.05, 0.1) is 12.0 Å². The van der Waals surface area contributed by atoms with E-state index in [1.807, 2.05) is 0 Å². The van der Waals surface area contributed by atoms with E-state index in [2.05, 4.69) is 11.8 Å². The van der Waals surface area contributed by atoms with Crippen molar-refractivity contribution in [2.75, 3.05) is 6.61 Å². The lowest BCUT2D eigenvalue weighted by Crippen LogP contribution is -2.10. The van der Waals surface area contributed by atoms with E-state index in [0.29, 0.717) is 17.6 Å². The molecule has 0 saturated heterocycles. The lowest BCUT2D eigenvalue weighted by molar-refractivity contribution is -0.139. The van der Waals surface area contributed by atoms with Gasteiger partial charge >= 0.3 is 5.97 Å². The number of aldehydes is 1. The number of carbonyl (C=O) groups excluding carboxylic acids is 1. The van der Waals surface area contributed by atoms with Crippen molar-refractivity contribution in [3.8, 4) is 17.6 Å². The van der Waals surface area contributed by atoms with Crippen molar-refractivity contribution in [3.63, 3.8) is 0 Å². The predicted molar refractivity (Wildman–Crippen MR) is 57.1 cm³/mol. The van der Waals surface area contributed by atoms with Crippen LogP contribution in [0.25, 0.3) is 0 Å². The number of benzene rings is 1. The van der Waals surface area contributed by atoms with Crippen molar-refractivity contribution < 1.29 is 19.4 Å². The van der Waals surface area contributed by atoms with Crippen LogP contribution in [-0.2, 0) is 9.59 Å². The third kappa shape index (κ3) is 3.84. The van der Waals surface area contributed by atoms with Crippen LogP contribution in [0.3, 0.4) is 0 Å². The van der Waals surface area contributed by atoms with Gasteiger partial charge in [-0.2, -0.15) is 0 Å². The van der Waals surface area contributed by atoms with Crippen LogP contribution in [0.4, 0.5) is 0 Å². The summed E-state index contributed by atoms with van der Waals surface area (Å²) in [4.78, 5) is 20.4. The number of hydrogen-bond donors (Lipinski definition) is 1. The highest BCUT2D eigenvalue weighted by Crippen LogP contribution is 2.16. The van der Waals surface area contributed by atoms with Crippen molar-refractivity contribution in [2.45, 2.75) is 6.42 Å². The minimum Gasteiger partial charge on any atom is -0.481 e. The number of carboxylic acid groups (broad SMARTS) is 1. The molecule has 0 heterocycles. The zero-order valence-corrected chi connectivity index (χ0v) is 8.47. The zero-order valence-electron chi connectivity index (χ0n) is 8.47. The molecule has 1 N–H and O–H groups in total. The molecule has 0 radical (unpaired) electrons. The average molecular weight is 218 g/mol. The second kappa shape index (κ2) is 6.25. The van der Waals surface area contributed by atoms with Crippen LogP contribution in [0.15, 0.2) is 24.3 Å². The third-order valence-corrected chi connectivity index (χ3v) is 1.65. The van der Waals surface area contributed by atoms with Crippen LogP contribution in [-0.4, -0.2) is 24.0 Å². The van der Waals surface area contributed by atoms with E-state index < -0.39 is 12.6 Å². The van der Waals surface area contributed by atoms with Crippen LogP contribution < -0.4 is 4.74 Å². The molecule has 4 nitrogen and oxygen atoms in total. The summed E-state index contributed by atoms with van der Waals surface area (Å²) in [7, 11) is 0. The summed E-state index contributed by atoms with van der Waals surface area (Å²) in [5.74, 6) is 4.73. The van der Waals surface area contributed by atoms with Gasteiger partial charge in [-0.05, 0) is 12.1 Å². The molecule has 0 atom stereocenters. The van der Waals surface area contributed by atoms with Crippen LogP contribution in [0.5, 0.6) is 5.75 Å². The van der Waals surface area contributed by atoms with E-state index in [1.165, 1.54) is 0 Å². The van der Waals surface area contributed by atoms with Crippen LogP contribution in [0.1, 0.15) is 12.0 Å². The second-order valence-corrected chi connectivity index (χ2v) is 2.85. The van der Waals surface area contributed by atoms with E-state index in [-0.39, 0.29) is 6.42 Å². The normalized spacial score (nSPS) is 8.75. The number of carbonyl (C=O) groups is 2. The molecule has 0 bridgehead atoms. The fourth-order valence-electron chi connectivity index (χ4n) is 1.02. The summed E-state index contributed by atoms with van der Waals surface area (Å²) in [6.07, 6.45) is 0.848. The molecule has 0 unspecified atom stereocenters. The number of carboxylic acids is 1. The minimum absolute atomic E-state index is 0.146. The number of hydrogen-bond acceptors (Lipinski definition) is 3. The van der Waals surface area contributed by atoms with Gasteiger partial charge in [0.2, 0.25) is 0 Å². The summed E-state index contributed by atoms with van der Waals surface area (Å²) < 4.78 is 5.04. The standard InChI is InChI=1S/C12H10O4/c13-8-4-3-6-10-5-1-2-7-11(10)16-9-12(14)15/h1-2,5,7-8H,4,9H2,(H,14,15). The molecular weight excluding hydrogens is 208 g/mol. The molecule has 0 fully saturated rings. The van der Waals surface area contributed by atoms with Gasteiger partial charge in [-0.25, -0.2) is 4.79 Å². The molecule has 1 aromatic rings. The van der Waals surface area contributed by atoms with Gasteiger partial charge in [-0.3, -0.25) is 0 Å². The maximum Gasteiger partial charge on any atom is 0.341 e. The van der Waals surface area contributed by atoms with Crippen LogP contribution in [0, 0.1) is 11.8 Å². The van der Waals surface area contributed by atoms with Gasteiger partial charge in [0, 0.05) is 0 Å². The summed E-state index contributed by atoms with van der Waals surface area (Å²) in [5.41, 5.74) is 0.575. The molecule has 0 aliphatic heterocycles. The molecule has 0 spiro atoms. The topological polar surface area (TPSA) is 63.6 Å². The van der Waals surface area contributed by atoms with Crippen molar-refractivity contribution in [1.82, 2.24) is 0 Å². The molecule has 0 aromatic heterocycles. The van der Waals surface area contributed by atoms with Crippen LogP contribution >= 0.6 is 0 Å². The van der Waals surface area contributed by atoms with Crippen LogP contribution in [0.2, 0.25) is 0 Å². The Kier molecular flexibility index (Phi) is 4.61. The highest BCUT2D eigenvalue weighted by Gasteiger charge is 2.02. The maximum atomic E-state index is 10.3. The average Bonchev–Trinajstić information content (AvgIpc) is 2.28. The number of rotatable bonds is 4. The summed E-state index contributed by atoms with van der Waals surface area (Å²) in [6, 6.07) is 6.82. The first-order valence-corrected chi connectivity index (χ1v) is 4.60. The molecule has 0 aliphatic rings. The van der Waals surface area contributed by atoms with Gasteiger partial charge in [0.1, 0.15) is 12.0 Å². The predicted octanol–water partition coefficient (Wildman–Crippen LogP) is 1.09. The Morgan fingerprint density at radius 3 is 2.88 bits per heavy atom. The molecule has 82 valence electrons. The van der Waals surface area contributed by atoms with E-state index in [0.717, 1.165) is 0 Å². The van der Waals surface area contributed by atoms with Gasteiger partial charge in [0.25, 0.3) is 0 Å². The van der Waals surface area contributed by atoms with E-state index in [4.69, 9.17) is 9.84 Å². The van der Waals surface area contributed by atoms with E-state index in [1.54, 1.807) is 24.3 Å². The highest BCUT2D eigenvalue weighted by atomic mass is 16.5. The van der Waals surface area contributed by atoms with Gasteiger partial charge < -0.3 is 14.6 Å². The maximum absolute atomic E-state index is 10.3. The first-order valence-electron chi connectivity index (χ1n) is 4.60. The Bertz CT molecular complexity index is 440. The SMILES string of the molecule is O=CCC#Cc1ccccc1OCC(=O)O. The Balaban J connectivity index is 2.80. The summed E-state index contributed by atoms with van der Waals surface area (Å²) >= 11 is 0. The molecule has 1 rings (SSSR count). The van der Waals surface area contributed by atoms with E-state index >= 15 is 0 Å². The lowest BCUT2D eigenvalue weighted by Gasteiger charge is -2.04. The molecular formula is C12H10O4. The monoisotopic (exact) mass is 218 g/mol. The fraction of sp³-hybridized carbons (Fsp3) is 0.167. The van der Waals surface area contributed by atoms with Crippen molar-refractivity contribution in [2.24, 2.45) is 0 Å². The highest BCUT2D eigenvalue weighted by molar-refractivity contribution is 5.68. The largest absolute Gasteiger partial charge is 0.481 e. The Labute approximate surface area is 92.9 Å². The smallest absolute Gasteiger partial charge is 0.341 e. The van der Waals surface area contributed by atoms with Gasteiger partial charge in [-0.15, -0.1) is 0 Å². The summed E-state index contributed by atoms with van der Waals surface area (Å²) in [5, 5.41) is 8.47. The number of para-hydroxylation sites is 1. The molecule has 1 aromatic carbocycles. The van der Waals surface area contributed by atoms with Crippen molar-refractivity contribution in [1.29, 1.82) is 0 Å². The molecule has 0 saturated carbocycles. The Hall–Kier alpha value is -2.28. The molecule has 0 amide bonds. The fourth-order valence-corrected chi connectivity index (χ4v) is 1.02. The first-order chi connectivity index (χ1) is 7.74. The molecule has 16 heavy (non-hydrogen) atoms.